The summed E-state index contributed by atoms with van der Waals surface area (Å²) >= 11 is 6.12. The second kappa shape index (κ2) is 8.25. The van der Waals surface area contributed by atoms with Crippen molar-refractivity contribution in [2.75, 3.05) is 29.9 Å². The van der Waals surface area contributed by atoms with Gasteiger partial charge < -0.3 is 15.1 Å². The number of halogens is 1. The number of nitrogens with one attached hydrogen (secondary N) is 1. The molecular weight excluding hydrogens is 390 g/mol. The number of hydrogen-bond acceptors (Lipinski definition) is 3. The molecule has 2 aliphatic heterocycles. The Morgan fingerprint density at radius 1 is 0.966 bits per heavy atom. The molecule has 0 bridgehead atoms. The van der Waals surface area contributed by atoms with Crippen LogP contribution in [0.3, 0.4) is 0 Å². The minimum absolute atomic E-state index is 0.0656. The Morgan fingerprint density at radius 3 is 2.48 bits per heavy atom. The molecule has 2 aliphatic rings. The smallest absolute Gasteiger partial charge is 0.255 e. The van der Waals surface area contributed by atoms with Crippen LogP contribution in [0.25, 0.3) is 0 Å². The van der Waals surface area contributed by atoms with Gasteiger partial charge in [-0.2, -0.15) is 0 Å². The summed E-state index contributed by atoms with van der Waals surface area (Å²) in [6, 6.07) is 11.9. The number of carbonyl (C=O) groups excluding carboxylic acids is 3. The van der Waals surface area contributed by atoms with E-state index in [0.717, 1.165) is 32.4 Å². The highest BCUT2D eigenvalue weighted by Gasteiger charge is 2.24. The van der Waals surface area contributed by atoms with Crippen LogP contribution in [0.4, 0.5) is 11.4 Å². The Bertz CT molecular complexity index is 970. The molecule has 4 rings (SSSR count). The summed E-state index contributed by atoms with van der Waals surface area (Å²) in [7, 11) is 0. The van der Waals surface area contributed by atoms with E-state index in [1.807, 2.05) is 6.07 Å². The van der Waals surface area contributed by atoms with E-state index in [9.17, 15) is 14.4 Å². The Morgan fingerprint density at radius 2 is 1.76 bits per heavy atom. The average molecular weight is 412 g/mol. The number of hydrogen-bond donors (Lipinski definition) is 1. The van der Waals surface area contributed by atoms with E-state index >= 15 is 0 Å². The van der Waals surface area contributed by atoms with E-state index in [4.69, 9.17) is 11.6 Å². The monoisotopic (exact) mass is 411 g/mol. The van der Waals surface area contributed by atoms with Crippen LogP contribution in [0.15, 0.2) is 42.5 Å². The van der Waals surface area contributed by atoms with E-state index in [1.54, 1.807) is 46.2 Å². The Hall–Kier alpha value is -2.86. The van der Waals surface area contributed by atoms with E-state index in [-0.39, 0.29) is 17.7 Å². The van der Waals surface area contributed by atoms with E-state index in [1.165, 1.54) is 0 Å². The number of likely N-dealkylation sites (tertiary alicyclic amines) is 1. The lowest BCUT2D eigenvalue weighted by Gasteiger charge is -2.19. The molecule has 2 saturated heterocycles. The van der Waals surface area contributed by atoms with Crippen LogP contribution < -0.4 is 10.2 Å². The molecule has 0 aliphatic carbocycles. The van der Waals surface area contributed by atoms with Gasteiger partial charge in [0.15, 0.2) is 0 Å². The van der Waals surface area contributed by atoms with Crippen molar-refractivity contribution in [2.24, 2.45) is 0 Å². The maximum absolute atomic E-state index is 12.9. The molecule has 0 radical (unpaired) electrons. The number of rotatable bonds is 4. The summed E-state index contributed by atoms with van der Waals surface area (Å²) < 4.78 is 0. The van der Waals surface area contributed by atoms with Crippen molar-refractivity contribution in [2.45, 2.75) is 25.7 Å². The van der Waals surface area contributed by atoms with Gasteiger partial charge in [-0.1, -0.05) is 17.7 Å². The Balaban J connectivity index is 1.58. The molecule has 2 aromatic carbocycles. The molecule has 0 saturated carbocycles. The molecule has 29 heavy (non-hydrogen) atoms. The normalized spacial score (nSPS) is 16.4. The first-order valence-corrected chi connectivity index (χ1v) is 10.2. The van der Waals surface area contributed by atoms with Crippen molar-refractivity contribution in [1.82, 2.24) is 4.90 Å². The topological polar surface area (TPSA) is 69.7 Å². The Kier molecular flexibility index (Phi) is 5.53. The fourth-order valence-electron chi connectivity index (χ4n) is 3.83. The summed E-state index contributed by atoms with van der Waals surface area (Å²) in [6.45, 7) is 2.11. The predicted octanol–water partition coefficient (Wildman–Crippen LogP) is 3.96. The van der Waals surface area contributed by atoms with E-state index < -0.39 is 0 Å². The summed E-state index contributed by atoms with van der Waals surface area (Å²) in [5.74, 6) is -0.391. The highest BCUT2D eigenvalue weighted by molar-refractivity contribution is 6.31. The van der Waals surface area contributed by atoms with Gasteiger partial charge in [0.2, 0.25) is 5.91 Å². The van der Waals surface area contributed by atoms with Crippen LogP contribution in [0, 0.1) is 0 Å². The maximum atomic E-state index is 12.9. The summed E-state index contributed by atoms with van der Waals surface area (Å²) in [5, 5.41) is 3.27. The first kappa shape index (κ1) is 19.5. The third-order valence-corrected chi connectivity index (χ3v) is 5.58. The highest BCUT2D eigenvalue weighted by Crippen LogP contribution is 2.26. The summed E-state index contributed by atoms with van der Waals surface area (Å²) in [5.41, 5.74) is 1.94. The first-order chi connectivity index (χ1) is 14.0. The van der Waals surface area contributed by atoms with Gasteiger partial charge in [0, 0.05) is 42.3 Å². The average Bonchev–Trinajstić information content (AvgIpc) is 3.39. The minimum atomic E-state index is -0.351. The number of nitrogens with zero attached hydrogens (tertiary/aromatic N) is 2. The van der Waals surface area contributed by atoms with E-state index in [0.29, 0.717) is 40.5 Å². The summed E-state index contributed by atoms with van der Waals surface area (Å²) in [6.07, 6.45) is 3.33. The fraction of sp³-hybridized carbons (Fsp3) is 0.318. The van der Waals surface area contributed by atoms with Crippen molar-refractivity contribution < 1.29 is 14.4 Å². The van der Waals surface area contributed by atoms with Crippen molar-refractivity contribution in [3.8, 4) is 0 Å². The third kappa shape index (κ3) is 4.12. The number of amides is 3. The van der Waals surface area contributed by atoms with Crippen molar-refractivity contribution >= 4 is 40.7 Å². The minimum Gasteiger partial charge on any atom is -0.339 e. The largest absolute Gasteiger partial charge is 0.339 e. The number of anilines is 2. The number of benzene rings is 2. The SMILES string of the molecule is O=C(Nc1cc(Cl)ccc1C(=O)N1CCCC1)c1cccc(N2CCCC2=O)c1. The van der Waals surface area contributed by atoms with Crippen molar-refractivity contribution in [3.05, 3.63) is 58.6 Å². The van der Waals surface area contributed by atoms with Gasteiger partial charge in [-0.3, -0.25) is 14.4 Å². The molecule has 0 unspecified atom stereocenters. The molecule has 0 aromatic heterocycles. The molecule has 0 atom stereocenters. The van der Waals surface area contributed by atoms with Crippen LogP contribution in [-0.2, 0) is 4.79 Å². The molecule has 6 nitrogen and oxygen atoms in total. The zero-order chi connectivity index (χ0) is 20.4. The predicted molar refractivity (Wildman–Crippen MR) is 113 cm³/mol. The van der Waals surface area contributed by atoms with Crippen molar-refractivity contribution in [1.29, 1.82) is 0 Å². The van der Waals surface area contributed by atoms with Crippen LogP contribution in [0.5, 0.6) is 0 Å². The molecule has 1 N–H and O–H groups in total. The lowest BCUT2D eigenvalue weighted by atomic mass is 10.1. The van der Waals surface area contributed by atoms with Gasteiger partial charge in [-0.15, -0.1) is 0 Å². The molecule has 0 spiro atoms. The lowest BCUT2D eigenvalue weighted by molar-refractivity contribution is -0.117. The van der Waals surface area contributed by atoms with Crippen LogP contribution in [0.1, 0.15) is 46.4 Å². The second-order valence-corrected chi connectivity index (χ2v) is 7.78. The summed E-state index contributed by atoms with van der Waals surface area (Å²) in [4.78, 5) is 41.2. The van der Waals surface area contributed by atoms with E-state index in [2.05, 4.69) is 5.32 Å². The van der Waals surface area contributed by atoms with Gasteiger partial charge in [0.25, 0.3) is 11.8 Å². The standard InChI is InChI=1S/C22H22ClN3O3/c23-16-8-9-18(22(29)25-10-1-2-11-25)19(14-16)24-21(28)15-5-3-6-17(13-15)26-12-4-7-20(26)27/h3,5-6,8-9,13-14H,1-2,4,7,10-12H2,(H,24,28). The second-order valence-electron chi connectivity index (χ2n) is 7.34. The van der Waals surface area contributed by atoms with Crippen LogP contribution >= 0.6 is 11.6 Å². The molecule has 3 amide bonds. The molecule has 2 heterocycles. The zero-order valence-corrected chi connectivity index (χ0v) is 16.7. The van der Waals surface area contributed by atoms with Gasteiger partial charge in [0.1, 0.15) is 0 Å². The molecule has 2 aromatic rings. The van der Waals surface area contributed by atoms with Gasteiger partial charge in [-0.05, 0) is 55.7 Å². The molecule has 2 fully saturated rings. The molecule has 150 valence electrons. The first-order valence-electron chi connectivity index (χ1n) is 9.83. The van der Waals surface area contributed by atoms with Gasteiger partial charge >= 0.3 is 0 Å². The number of carbonyl (C=O) groups is 3. The quantitative estimate of drug-likeness (QED) is 0.827. The Labute approximate surface area is 174 Å². The zero-order valence-electron chi connectivity index (χ0n) is 16.0. The molecular formula is C22H22ClN3O3. The fourth-order valence-corrected chi connectivity index (χ4v) is 4.00. The van der Waals surface area contributed by atoms with Crippen molar-refractivity contribution in [3.63, 3.8) is 0 Å². The highest BCUT2D eigenvalue weighted by atomic mass is 35.5. The van der Waals surface area contributed by atoms with Gasteiger partial charge in [-0.25, -0.2) is 0 Å². The lowest BCUT2D eigenvalue weighted by Crippen LogP contribution is -2.29. The third-order valence-electron chi connectivity index (χ3n) is 5.35. The van der Waals surface area contributed by atoms with Crippen LogP contribution in [0.2, 0.25) is 5.02 Å². The van der Waals surface area contributed by atoms with Crippen LogP contribution in [-0.4, -0.2) is 42.3 Å². The molecule has 7 heteroatoms. The maximum Gasteiger partial charge on any atom is 0.255 e. The van der Waals surface area contributed by atoms with Gasteiger partial charge in [0.05, 0.1) is 11.3 Å².